The van der Waals surface area contributed by atoms with E-state index < -0.39 is 4.92 Å². The summed E-state index contributed by atoms with van der Waals surface area (Å²) in [7, 11) is 0. The maximum Gasteiger partial charge on any atom is 0.275 e. The van der Waals surface area contributed by atoms with E-state index in [9.17, 15) is 15.2 Å². The minimum atomic E-state index is -0.463. The Balaban J connectivity index is 2.27. The van der Waals surface area contributed by atoms with Crippen LogP contribution in [0.4, 0.5) is 11.4 Å². The van der Waals surface area contributed by atoms with Gasteiger partial charge in [0.2, 0.25) is 0 Å². The molecule has 0 atom stereocenters. The van der Waals surface area contributed by atoms with Crippen molar-refractivity contribution in [2.75, 3.05) is 18.0 Å². The number of nitro benzene ring substituents is 1. The van der Waals surface area contributed by atoms with Gasteiger partial charge in [0.1, 0.15) is 0 Å². The first-order chi connectivity index (χ1) is 8.61. The maximum absolute atomic E-state index is 10.8. The van der Waals surface area contributed by atoms with Crippen LogP contribution < -0.4 is 4.90 Å². The number of rotatable bonds is 3. The molecule has 5 nitrogen and oxygen atoms in total. The molecule has 0 saturated carbocycles. The van der Waals surface area contributed by atoms with Crippen molar-refractivity contribution in [2.24, 2.45) is 0 Å². The van der Waals surface area contributed by atoms with E-state index in [0.717, 1.165) is 25.2 Å². The number of anilines is 1. The molecule has 0 unspecified atom stereocenters. The summed E-state index contributed by atoms with van der Waals surface area (Å²) in [6, 6.07) is 4.91. The first kappa shape index (κ1) is 12.6. The topological polar surface area (TPSA) is 66.6 Å². The summed E-state index contributed by atoms with van der Waals surface area (Å²) >= 11 is 0. The van der Waals surface area contributed by atoms with Gasteiger partial charge < -0.3 is 10.0 Å². The highest BCUT2D eigenvalue weighted by atomic mass is 16.6. The van der Waals surface area contributed by atoms with Gasteiger partial charge in [-0.15, -0.1) is 0 Å². The summed E-state index contributed by atoms with van der Waals surface area (Å²) in [6.07, 6.45) is 3.16. The van der Waals surface area contributed by atoms with Gasteiger partial charge >= 0.3 is 0 Å². The number of aliphatic hydroxyl groups excluding tert-OH is 1. The Labute approximate surface area is 105 Å². The van der Waals surface area contributed by atoms with Crippen molar-refractivity contribution in [3.63, 3.8) is 0 Å². The van der Waals surface area contributed by atoms with Gasteiger partial charge in [-0.25, -0.2) is 0 Å². The van der Waals surface area contributed by atoms with Crippen LogP contribution in [0.15, 0.2) is 29.8 Å². The molecule has 0 amide bonds. The van der Waals surface area contributed by atoms with Crippen LogP contribution in [0.3, 0.4) is 0 Å². The maximum atomic E-state index is 10.8. The largest absolute Gasteiger partial charge is 0.391 e. The highest BCUT2D eigenvalue weighted by Gasteiger charge is 2.16. The molecule has 18 heavy (non-hydrogen) atoms. The van der Waals surface area contributed by atoms with Crippen LogP contribution in [0, 0.1) is 10.1 Å². The van der Waals surface area contributed by atoms with Crippen LogP contribution in [0.2, 0.25) is 0 Å². The van der Waals surface area contributed by atoms with Crippen molar-refractivity contribution in [3.8, 4) is 0 Å². The third-order valence-corrected chi connectivity index (χ3v) is 3.23. The first-order valence-corrected chi connectivity index (χ1v) is 5.90. The summed E-state index contributed by atoms with van der Waals surface area (Å²) in [4.78, 5) is 12.5. The predicted octanol–water partition coefficient (Wildman–Crippen LogP) is 2.24. The molecule has 1 aliphatic rings. The van der Waals surface area contributed by atoms with Crippen molar-refractivity contribution in [1.29, 1.82) is 0 Å². The van der Waals surface area contributed by atoms with E-state index in [1.807, 2.05) is 0 Å². The van der Waals surface area contributed by atoms with E-state index in [1.54, 1.807) is 12.1 Å². The van der Waals surface area contributed by atoms with Gasteiger partial charge in [0.15, 0.2) is 0 Å². The lowest BCUT2D eigenvalue weighted by Gasteiger charge is -2.27. The average molecular weight is 248 g/mol. The van der Waals surface area contributed by atoms with Crippen molar-refractivity contribution >= 4 is 11.4 Å². The zero-order valence-electron chi connectivity index (χ0n) is 10.3. The van der Waals surface area contributed by atoms with Crippen LogP contribution >= 0.6 is 0 Å². The predicted molar refractivity (Wildman–Crippen MR) is 69.6 cm³/mol. The third-order valence-electron chi connectivity index (χ3n) is 3.23. The molecule has 96 valence electrons. The fourth-order valence-corrected chi connectivity index (χ4v) is 2.08. The van der Waals surface area contributed by atoms with Crippen LogP contribution in [0.1, 0.15) is 18.9 Å². The highest BCUT2D eigenvalue weighted by Crippen LogP contribution is 2.26. The summed E-state index contributed by atoms with van der Waals surface area (Å²) in [5.41, 5.74) is 2.64. The second kappa shape index (κ2) is 5.18. The summed E-state index contributed by atoms with van der Waals surface area (Å²) in [6.45, 7) is 3.51. The minimum absolute atomic E-state index is 0.0232. The van der Waals surface area contributed by atoms with Crippen LogP contribution in [-0.4, -0.2) is 23.1 Å². The number of aliphatic hydroxyl groups is 1. The van der Waals surface area contributed by atoms with E-state index in [0.29, 0.717) is 5.56 Å². The molecule has 0 aliphatic carbocycles. The van der Waals surface area contributed by atoms with Crippen molar-refractivity contribution in [3.05, 3.63) is 45.5 Å². The average Bonchev–Trinajstić information content (AvgIpc) is 2.38. The smallest absolute Gasteiger partial charge is 0.275 e. The molecule has 5 heteroatoms. The molecule has 1 N–H and O–H groups in total. The lowest BCUT2D eigenvalue weighted by Crippen LogP contribution is -2.28. The number of nitro groups is 1. The number of hydrogen-bond donors (Lipinski definition) is 1. The Morgan fingerprint density at radius 1 is 1.50 bits per heavy atom. The summed E-state index contributed by atoms with van der Waals surface area (Å²) in [5, 5.41) is 20.0. The summed E-state index contributed by atoms with van der Waals surface area (Å²) in [5.74, 6) is 0. The van der Waals surface area contributed by atoms with Gasteiger partial charge in [-0.2, -0.15) is 0 Å². The van der Waals surface area contributed by atoms with Gasteiger partial charge in [-0.1, -0.05) is 11.6 Å². The zero-order valence-corrected chi connectivity index (χ0v) is 10.3. The summed E-state index contributed by atoms with van der Waals surface area (Å²) < 4.78 is 0. The number of benzene rings is 1. The van der Waals surface area contributed by atoms with E-state index >= 15 is 0 Å². The molecule has 0 saturated heterocycles. The number of hydrogen-bond acceptors (Lipinski definition) is 4. The Bertz CT molecular complexity index is 497. The molecular weight excluding hydrogens is 232 g/mol. The molecule has 0 fully saturated rings. The minimum Gasteiger partial charge on any atom is -0.391 e. The second-order valence-corrected chi connectivity index (χ2v) is 4.47. The van der Waals surface area contributed by atoms with E-state index in [1.165, 1.54) is 11.6 Å². The SMILES string of the molecule is CC1=CCN(c2ccc([N+](=O)[O-])c(CO)c2)CC1. The van der Waals surface area contributed by atoms with Gasteiger partial charge in [0.25, 0.3) is 5.69 Å². The van der Waals surface area contributed by atoms with E-state index in [4.69, 9.17) is 0 Å². The first-order valence-electron chi connectivity index (χ1n) is 5.90. The van der Waals surface area contributed by atoms with Gasteiger partial charge in [-0.05, 0) is 25.5 Å². The molecule has 1 aliphatic heterocycles. The molecule has 1 heterocycles. The Morgan fingerprint density at radius 3 is 2.83 bits per heavy atom. The molecule has 0 aromatic heterocycles. The molecular formula is C13H16N2O3. The fourth-order valence-electron chi connectivity index (χ4n) is 2.08. The van der Waals surface area contributed by atoms with Crippen LogP contribution in [-0.2, 0) is 6.61 Å². The van der Waals surface area contributed by atoms with E-state index in [-0.39, 0.29) is 12.3 Å². The van der Waals surface area contributed by atoms with Gasteiger partial charge in [-0.3, -0.25) is 10.1 Å². The molecule has 0 spiro atoms. The van der Waals surface area contributed by atoms with Crippen molar-refractivity contribution in [2.45, 2.75) is 20.0 Å². The standard InChI is InChI=1S/C13H16N2O3/c1-10-4-6-14(7-5-10)12-2-3-13(15(17)18)11(8-12)9-16/h2-4,8,16H,5-7,9H2,1H3. The molecule has 1 aromatic carbocycles. The Hall–Kier alpha value is -1.88. The Kier molecular flexibility index (Phi) is 3.62. The van der Waals surface area contributed by atoms with Gasteiger partial charge in [0, 0.05) is 24.8 Å². The zero-order chi connectivity index (χ0) is 13.1. The lowest BCUT2D eigenvalue weighted by atomic mass is 10.1. The van der Waals surface area contributed by atoms with Crippen molar-refractivity contribution in [1.82, 2.24) is 0 Å². The normalized spacial score (nSPS) is 15.4. The quantitative estimate of drug-likeness (QED) is 0.506. The lowest BCUT2D eigenvalue weighted by molar-refractivity contribution is -0.385. The molecule has 0 bridgehead atoms. The van der Waals surface area contributed by atoms with Crippen LogP contribution in [0.5, 0.6) is 0 Å². The molecule has 2 rings (SSSR count). The third kappa shape index (κ3) is 2.51. The second-order valence-electron chi connectivity index (χ2n) is 4.47. The monoisotopic (exact) mass is 248 g/mol. The van der Waals surface area contributed by atoms with Crippen LogP contribution in [0.25, 0.3) is 0 Å². The fraction of sp³-hybridized carbons (Fsp3) is 0.385. The Morgan fingerprint density at radius 2 is 2.28 bits per heavy atom. The highest BCUT2D eigenvalue weighted by molar-refractivity contribution is 5.56. The van der Waals surface area contributed by atoms with Crippen molar-refractivity contribution < 1.29 is 10.0 Å². The molecule has 1 aromatic rings. The molecule has 0 radical (unpaired) electrons. The van der Waals surface area contributed by atoms with Gasteiger partial charge in [0.05, 0.1) is 17.1 Å². The number of nitrogens with zero attached hydrogens (tertiary/aromatic N) is 2. The van der Waals surface area contributed by atoms with E-state index in [2.05, 4.69) is 17.9 Å².